The Balaban J connectivity index is 3.54. The van der Waals surface area contributed by atoms with E-state index < -0.39 is 27.2 Å². The third-order valence-corrected chi connectivity index (χ3v) is 9.68. The molecular weight excluding hydrogens is 312 g/mol. The van der Waals surface area contributed by atoms with Gasteiger partial charge < -0.3 is 9.47 Å². The van der Waals surface area contributed by atoms with Gasteiger partial charge in [0.2, 0.25) is 0 Å². The summed E-state index contributed by atoms with van der Waals surface area (Å²) >= 11 is 0. The molecule has 0 aromatic carbocycles. The summed E-state index contributed by atoms with van der Waals surface area (Å²) in [5.41, 5.74) is 3.17. The highest BCUT2D eigenvalue weighted by Gasteiger charge is 2.67. The summed E-state index contributed by atoms with van der Waals surface area (Å²) in [6, 6.07) is 0. The second-order valence-corrected chi connectivity index (χ2v) is 18.1. The lowest BCUT2D eigenvalue weighted by molar-refractivity contribution is -0.175. The third kappa shape index (κ3) is 3.14. The molecule has 6 heteroatoms. The second-order valence-electron chi connectivity index (χ2n) is 7.77. The minimum atomic E-state index is -1.93. The van der Waals surface area contributed by atoms with Gasteiger partial charge in [-0.25, -0.2) is 4.79 Å². The molecule has 0 radical (unpaired) electrons. The van der Waals surface area contributed by atoms with E-state index in [0.29, 0.717) is 6.61 Å². The van der Waals surface area contributed by atoms with Gasteiger partial charge in [0, 0.05) is 0 Å². The lowest BCUT2D eigenvalue weighted by atomic mass is 9.96. The van der Waals surface area contributed by atoms with Crippen LogP contribution in [0.3, 0.4) is 0 Å². The normalized spacial score (nSPS) is 24.7. The average molecular weight is 341 g/mol. The first kappa shape index (κ1) is 18.9. The fourth-order valence-electron chi connectivity index (χ4n) is 3.28. The van der Waals surface area contributed by atoms with Crippen molar-refractivity contribution in [1.82, 2.24) is 0 Å². The van der Waals surface area contributed by atoms with E-state index in [1.165, 1.54) is 6.08 Å². The zero-order valence-electron chi connectivity index (χ0n) is 15.0. The van der Waals surface area contributed by atoms with Crippen LogP contribution >= 0.6 is 0 Å². The summed E-state index contributed by atoms with van der Waals surface area (Å²) in [5.74, 6) is -0.564. The molecule has 1 aliphatic rings. The van der Waals surface area contributed by atoms with E-state index in [1.807, 2.05) is 6.92 Å². The van der Waals surface area contributed by atoms with Gasteiger partial charge in [0.1, 0.15) is 11.1 Å². The predicted octanol–water partition coefficient (Wildman–Crippen LogP) is 3.53. The molecule has 0 spiro atoms. The monoisotopic (exact) mass is 340 g/mol. The molecule has 0 amide bonds. The highest BCUT2D eigenvalue weighted by molar-refractivity contribution is 6.91. The van der Waals surface area contributed by atoms with E-state index in [2.05, 4.69) is 45.0 Å². The topological polar surface area (TPSA) is 52.6 Å². The molecule has 0 saturated carbocycles. The van der Waals surface area contributed by atoms with E-state index in [-0.39, 0.29) is 12.1 Å². The maximum Gasteiger partial charge on any atom is 0.338 e. The van der Waals surface area contributed by atoms with Crippen molar-refractivity contribution < 1.29 is 19.1 Å². The first-order chi connectivity index (χ1) is 9.89. The molecular formula is C16H28O4Si2. The second kappa shape index (κ2) is 6.18. The van der Waals surface area contributed by atoms with Gasteiger partial charge in [-0.3, -0.25) is 4.79 Å². The first-order valence-electron chi connectivity index (χ1n) is 7.74. The van der Waals surface area contributed by atoms with Gasteiger partial charge in [-0.1, -0.05) is 39.3 Å². The fourth-order valence-corrected chi connectivity index (χ4v) is 10.3. The van der Waals surface area contributed by atoms with Crippen molar-refractivity contribution in [2.75, 3.05) is 6.61 Å². The summed E-state index contributed by atoms with van der Waals surface area (Å²) in [5, 5.41) is 0.400. The van der Waals surface area contributed by atoms with Gasteiger partial charge in [0.05, 0.1) is 28.8 Å². The summed E-state index contributed by atoms with van der Waals surface area (Å²) in [4.78, 5) is 24.2. The Kier molecular flexibility index (Phi) is 5.32. The standard InChI is InChI=1S/C16H28O4Si2/c1-9-19-14(17)11-10-13(21(3,4)5)16(22(6,7)8)12(2)20-15(16)18/h11-12H,9H2,1-8H3. The maximum absolute atomic E-state index is 12.5. The van der Waals surface area contributed by atoms with Crippen LogP contribution < -0.4 is 0 Å². The molecule has 0 N–H and O–H groups in total. The van der Waals surface area contributed by atoms with Gasteiger partial charge in [0.15, 0.2) is 0 Å². The fraction of sp³-hybridized carbons (Fsp3) is 0.688. The molecule has 124 valence electrons. The number of ether oxygens (including phenoxy) is 2. The van der Waals surface area contributed by atoms with Gasteiger partial charge in [-0.05, 0) is 19.0 Å². The van der Waals surface area contributed by atoms with Crippen LogP contribution in [0.2, 0.25) is 44.3 Å². The number of cyclic esters (lactones) is 1. The highest BCUT2D eigenvalue weighted by atomic mass is 28.3. The first-order valence-corrected chi connectivity index (χ1v) is 14.7. The molecule has 1 rings (SSSR count). The Morgan fingerprint density at radius 1 is 1.32 bits per heavy atom. The lowest BCUT2D eigenvalue weighted by Gasteiger charge is -2.55. The van der Waals surface area contributed by atoms with E-state index in [9.17, 15) is 9.59 Å². The molecule has 1 saturated heterocycles. The Labute approximate surface area is 135 Å². The summed E-state index contributed by atoms with van der Waals surface area (Å²) in [7, 11) is -3.80. The van der Waals surface area contributed by atoms with Crippen LogP contribution in [0.4, 0.5) is 0 Å². The Morgan fingerprint density at radius 2 is 1.86 bits per heavy atom. The van der Waals surface area contributed by atoms with Crippen molar-refractivity contribution >= 4 is 28.1 Å². The van der Waals surface area contributed by atoms with Gasteiger partial charge >= 0.3 is 11.9 Å². The van der Waals surface area contributed by atoms with Crippen molar-refractivity contribution in [1.29, 1.82) is 0 Å². The molecule has 0 aliphatic carbocycles. The van der Waals surface area contributed by atoms with Gasteiger partial charge in [-0.2, -0.15) is 0 Å². The van der Waals surface area contributed by atoms with Crippen LogP contribution in [0.5, 0.6) is 0 Å². The largest absolute Gasteiger partial charge is 0.462 e. The van der Waals surface area contributed by atoms with E-state index in [0.717, 1.165) is 5.20 Å². The van der Waals surface area contributed by atoms with Crippen molar-refractivity contribution in [3.05, 3.63) is 17.0 Å². The Hall–Kier alpha value is -1.11. The molecule has 1 fully saturated rings. The van der Waals surface area contributed by atoms with Crippen LogP contribution in [0.1, 0.15) is 13.8 Å². The Morgan fingerprint density at radius 3 is 2.18 bits per heavy atom. The highest BCUT2D eigenvalue weighted by Crippen LogP contribution is 2.58. The smallest absolute Gasteiger partial charge is 0.338 e. The molecule has 1 aliphatic heterocycles. The molecule has 4 nitrogen and oxygen atoms in total. The van der Waals surface area contributed by atoms with E-state index in [4.69, 9.17) is 9.47 Å². The molecule has 2 atom stereocenters. The van der Waals surface area contributed by atoms with Crippen molar-refractivity contribution in [2.45, 2.75) is 64.3 Å². The zero-order valence-corrected chi connectivity index (χ0v) is 17.0. The summed E-state index contributed by atoms with van der Waals surface area (Å²) < 4.78 is 10.3. The average Bonchev–Trinajstić information content (AvgIpc) is 2.31. The number of hydrogen-bond donors (Lipinski definition) is 0. The molecule has 1 heterocycles. The molecule has 2 unspecified atom stereocenters. The van der Waals surface area contributed by atoms with Crippen LogP contribution in [0.15, 0.2) is 17.0 Å². The van der Waals surface area contributed by atoms with Gasteiger partial charge in [0.25, 0.3) is 0 Å². The summed E-state index contributed by atoms with van der Waals surface area (Å²) in [6.45, 7) is 17.1. The SMILES string of the molecule is CCOC(=O)C=C=C(C1([Si](C)(C)C)C(=O)OC1C)[Si](C)(C)C. The Bertz CT molecular complexity index is 533. The quantitative estimate of drug-likeness (QED) is 0.332. The molecule has 0 bridgehead atoms. The van der Waals surface area contributed by atoms with Crippen molar-refractivity contribution in [3.63, 3.8) is 0 Å². The number of carbonyl (C=O) groups is 2. The number of carbonyl (C=O) groups excluding carboxylic acids is 2. The van der Waals surface area contributed by atoms with Crippen molar-refractivity contribution in [2.24, 2.45) is 0 Å². The molecule has 0 aromatic rings. The lowest BCUT2D eigenvalue weighted by Crippen LogP contribution is -2.65. The number of esters is 2. The zero-order chi connectivity index (χ0) is 17.3. The maximum atomic E-state index is 12.5. The third-order valence-electron chi connectivity index (χ3n) is 4.16. The van der Waals surface area contributed by atoms with Gasteiger partial charge in [-0.15, -0.1) is 5.73 Å². The van der Waals surface area contributed by atoms with E-state index in [1.54, 1.807) is 6.92 Å². The van der Waals surface area contributed by atoms with Crippen LogP contribution in [0, 0.1) is 0 Å². The summed E-state index contributed by atoms with van der Waals surface area (Å²) in [6.07, 6.45) is 1.19. The minimum Gasteiger partial charge on any atom is -0.462 e. The van der Waals surface area contributed by atoms with Crippen LogP contribution in [0.25, 0.3) is 0 Å². The molecule has 22 heavy (non-hydrogen) atoms. The minimum absolute atomic E-state index is 0.152. The number of rotatable bonds is 5. The van der Waals surface area contributed by atoms with Crippen LogP contribution in [-0.4, -0.2) is 40.8 Å². The van der Waals surface area contributed by atoms with Crippen molar-refractivity contribution in [3.8, 4) is 0 Å². The molecule has 0 aromatic heterocycles. The number of hydrogen-bond acceptors (Lipinski definition) is 4. The van der Waals surface area contributed by atoms with E-state index >= 15 is 0 Å². The predicted molar refractivity (Wildman–Crippen MR) is 93.2 cm³/mol. The van der Waals surface area contributed by atoms with Crippen LogP contribution in [-0.2, 0) is 19.1 Å².